The van der Waals surface area contributed by atoms with Crippen LogP contribution >= 0.6 is 11.3 Å². The van der Waals surface area contributed by atoms with E-state index in [0.717, 1.165) is 0 Å². The summed E-state index contributed by atoms with van der Waals surface area (Å²) in [4.78, 5) is 10.2. The van der Waals surface area contributed by atoms with E-state index >= 15 is 0 Å². The highest BCUT2D eigenvalue weighted by Gasteiger charge is 2.11. The Labute approximate surface area is 91.8 Å². The van der Waals surface area contributed by atoms with Crippen molar-refractivity contribution in [3.63, 3.8) is 0 Å². The predicted octanol–water partition coefficient (Wildman–Crippen LogP) is 1.35. The van der Waals surface area contributed by atoms with Gasteiger partial charge in [0, 0.05) is 11.8 Å². The van der Waals surface area contributed by atoms with Gasteiger partial charge in [0.25, 0.3) is 0 Å². The molecule has 0 bridgehead atoms. The first-order chi connectivity index (χ1) is 6.99. The first kappa shape index (κ1) is 12.0. The number of hydrogen-bond donors (Lipinski definition) is 2. The summed E-state index contributed by atoms with van der Waals surface area (Å²) in [5, 5.41) is 11.8. The SMILES string of the molecule is O=C(O)CCCS(=O)(=O)Nc1ccsc1. The van der Waals surface area contributed by atoms with E-state index in [2.05, 4.69) is 4.72 Å². The van der Waals surface area contributed by atoms with Gasteiger partial charge in [-0.2, -0.15) is 11.3 Å². The van der Waals surface area contributed by atoms with Crippen LogP contribution in [-0.2, 0) is 14.8 Å². The molecule has 0 spiro atoms. The molecule has 1 heterocycles. The predicted molar refractivity (Wildman–Crippen MR) is 58.6 cm³/mol. The van der Waals surface area contributed by atoms with E-state index < -0.39 is 16.0 Å². The van der Waals surface area contributed by atoms with E-state index in [-0.39, 0.29) is 18.6 Å². The highest BCUT2D eigenvalue weighted by atomic mass is 32.2. The third-order valence-electron chi connectivity index (χ3n) is 1.60. The molecule has 0 aliphatic heterocycles. The largest absolute Gasteiger partial charge is 0.481 e. The van der Waals surface area contributed by atoms with E-state index in [0.29, 0.717) is 5.69 Å². The van der Waals surface area contributed by atoms with Gasteiger partial charge in [0.15, 0.2) is 0 Å². The molecule has 2 N–H and O–H groups in total. The first-order valence-corrected chi connectivity index (χ1v) is 6.83. The van der Waals surface area contributed by atoms with Crippen LogP contribution in [0.1, 0.15) is 12.8 Å². The summed E-state index contributed by atoms with van der Waals surface area (Å²) in [6.45, 7) is 0. The molecule has 1 aromatic rings. The summed E-state index contributed by atoms with van der Waals surface area (Å²) in [6.07, 6.45) is -0.0145. The zero-order valence-corrected chi connectivity index (χ0v) is 9.47. The zero-order valence-electron chi connectivity index (χ0n) is 7.84. The number of carboxylic acids is 1. The number of anilines is 1. The minimum absolute atomic E-state index is 0.120. The van der Waals surface area contributed by atoms with E-state index in [1.165, 1.54) is 11.3 Å². The maximum atomic E-state index is 11.4. The van der Waals surface area contributed by atoms with E-state index in [4.69, 9.17) is 5.11 Å². The molecule has 1 rings (SSSR count). The maximum Gasteiger partial charge on any atom is 0.303 e. The molecule has 5 nitrogen and oxygen atoms in total. The molecule has 7 heteroatoms. The van der Waals surface area contributed by atoms with Gasteiger partial charge < -0.3 is 5.11 Å². The molecule has 0 aromatic carbocycles. The topological polar surface area (TPSA) is 83.5 Å². The normalized spacial score (nSPS) is 11.2. The van der Waals surface area contributed by atoms with Gasteiger partial charge in [-0.1, -0.05) is 0 Å². The quantitative estimate of drug-likeness (QED) is 0.797. The highest BCUT2D eigenvalue weighted by Crippen LogP contribution is 2.14. The van der Waals surface area contributed by atoms with Crippen LogP contribution in [-0.4, -0.2) is 25.2 Å². The van der Waals surface area contributed by atoms with Crippen molar-refractivity contribution in [2.24, 2.45) is 0 Å². The summed E-state index contributed by atoms with van der Waals surface area (Å²) in [5.74, 6) is -1.16. The standard InChI is InChI=1S/C8H11NO4S2/c10-8(11)2-1-5-15(12,13)9-7-3-4-14-6-7/h3-4,6,9H,1-2,5H2,(H,10,11). The molecule has 0 saturated heterocycles. The number of rotatable bonds is 6. The Hall–Kier alpha value is -1.08. The summed E-state index contributed by atoms with van der Waals surface area (Å²) in [6, 6.07) is 1.65. The van der Waals surface area contributed by atoms with Crippen LogP contribution in [0, 0.1) is 0 Å². The molecule has 0 unspecified atom stereocenters. The van der Waals surface area contributed by atoms with Crippen LogP contribution in [0.2, 0.25) is 0 Å². The van der Waals surface area contributed by atoms with Gasteiger partial charge in [-0.05, 0) is 17.9 Å². The van der Waals surface area contributed by atoms with Crippen molar-refractivity contribution in [2.45, 2.75) is 12.8 Å². The molecule has 0 aliphatic rings. The third-order valence-corrected chi connectivity index (χ3v) is 3.65. The summed E-state index contributed by atoms with van der Waals surface area (Å²) < 4.78 is 25.1. The lowest BCUT2D eigenvalue weighted by Crippen LogP contribution is -2.17. The van der Waals surface area contributed by atoms with Crippen molar-refractivity contribution in [1.29, 1.82) is 0 Å². The van der Waals surface area contributed by atoms with Crippen LogP contribution in [0.15, 0.2) is 16.8 Å². The van der Waals surface area contributed by atoms with Crippen molar-refractivity contribution in [2.75, 3.05) is 10.5 Å². The Morgan fingerprint density at radius 2 is 2.27 bits per heavy atom. The molecular weight excluding hydrogens is 238 g/mol. The van der Waals surface area contributed by atoms with Crippen LogP contribution in [0.3, 0.4) is 0 Å². The van der Waals surface area contributed by atoms with Gasteiger partial charge in [0.05, 0.1) is 11.4 Å². The molecule has 0 saturated carbocycles. The molecule has 0 radical (unpaired) electrons. The summed E-state index contributed by atoms with van der Waals surface area (Å²) >= 11 is 1.39. The van der Waals surface area contributed by atoms with Crippen molar-refractivity contribution in [3.8, 4) is 0 Å². The fourth-order valence-electron chi connectivity index (χ4n) is 0.967. The zero-order chi connectivity index (χ0) is 11.3. The fraction of sp³-hybridized carbons (Fsp3) is 0.375. The fourth-order valence-corrected chi connectivity index (χ4v) is 2.74. The van der Waals surface area contributed by atoms with Crippen LogP contribution in [0.5, 0.6) is 0 Å². The molecular formula is C8H11NO4S2. The lowest BCUT2D eigenvalue weighted by Gasteiger charge is -2.04. The third kappa shape index (κ3) is 4.80. The van der Waals surface area contributed by atoms with E-state index in [9.17, 15) is 13.2 Å². The average Bonchev–Trinajstić information content (AvgIpc) is 2.54. The van der Waals surface area contributed by atoms with E-state index in [1.807, 2.05) is 0 Å². The van der Waals surface area contributed by atoms with Gasteiger partial charge in [-0.15, -0.1) is 0 Å². The average molecular weight is 249 g/mol. The van der Waals surface area contributed by atoms with Crippen LogP contribution in [0.4, 0.5) is 5.69 Å². The maximum absolute atomic E-state index is 11.4. The minimum atomic E-state index is -3.41. The molecule has 1 aromatic heterocycles. The molecule has 0 amide bonds. The first-order valence-electron chi connectivity index (χ1n) is 4.24. The number of hydrogen-bond acceptors (Lipinski definition) is 4. The van der Waals surface area contributed by atoms with Crippen molar-refractivity contribution in [3.05, 3.63) is 16.8 Å². The van der Waals surface area contributed by atoms with Crippen molar-refractivity contribution in [1.82, 2.24) is 0 Å². The van der Waals surface area contributed by atoms with Crippen molar-refractivity contribution >= 4 is 33.0 Å². The Morgan fingerprint density at radius 1 is 1.53 bits per heavy atom. The van der Waals surface area contributed by atoms with Crippen molar-refractivity contribution < 1.29 is 18.3 Å². The van der Waals surface area contributed by atoms with Crippen LogP contribution in [0.25, 0.3) is 0 Å². The summed E-state index contributed by atoms with van der Waals surface area (Å²) in [7, 11) is -3.41. The second-order valence-electron chi connectivity index (χ2n) is 2.93. The highest BCUT2D eigenvalue weighted by molar-refractivity contribution is 7.92. The Balaban J connectivity index is 2.43. The molecule has 0 atom stereocenters. The number of nitrogens with one attached hydrogen (secondary N) is 1. The number of aliphatic carboxylic acids is 1. The Bertz CT molecular complexity index is 410. The number of thiophene rings is 1. The molecule has 0 fully saturated rings. The van der Waals surface area contributed by atoms with Gasteiger partial charge >= 0.3 is 5.97 Å². The Morgan fingerprint density at radius 3 is 2.80 bits per heavy atom. The molecule has 0 aliphatic carbocycles. The lowest BCUT2D eigenvalue weighted by atomic mass is 10.3. The number of carboxylic acid groups (broad SMARTS) is 1. The number of carbonyl (C=O) groups is 1. The van der Waals surface area contributed by atoms with E-state index in [1.54, 1.807) is 16.8 Å². The monoisotopic (exact) mass is 249 g/mol. The minimum Gasteiger partial charge on any atom is -0.481 e. The lowest BCUT2D eigenvalue weighted by molar-refractivity contribution is -0.137. The van der Waals surface area contributed by atoms with Gasteiger partial charge in [0.2, 0.25) is 10.0 Å². The second-order valence-corrected chi connectivity index (χ2v) is 5.55. The van der Waals surface area contributed by atoms with Gasteiger partial charge in [-0.25, -0.2) is 8.42 Å². The molecule has 84 valence electrons. The number of sulfonamides is 1. The Kier molecular flexibility index (Phi) is 4.10. The summed E-state index contributed by atoms with van der Waals surface area (Å²) in [5.41, 5.74) is 0.523. The molecule has 15 heavy (non-hydrogen) atoms. The second kappa shape index (κ2) is 5.13. The smallest absolute Gasteiger partial charge is 0.303 e. The van der Waals surface area contributed by atoms with Gasteiger partial charge in [0.1, 0.15) is 0 Å². The van der Waals surface area contributed by atoms with Crippen LogP contribution < -0.4 is 4.72 Å². The van der Waals surface area contributed by atoms with Gasteiger partial charge in [-0.3, -0.25) is 9.52 Å².